The van der Waals surface area contributed by atoms with Crippen LogP contribution in [-0.4, -0.2) is 74.3 Å². The molecular formula is C30H36N2O8. The Morgan fingerprint density at radius 3 is 2.33 bits per heavy atom. The van der Waals surface area contributed by atoms with Gasteiger partial charge in [-0.3, -0.25) is 24.1 Å². The van der Waals surface area contributed by atoms with Crippen molar-refractivity contribution < 1.29 is 39.6 Å². The van der Waals surface area contributed by atoms with Gasteiger partial charge in [-0.25, -0.2) is 0 Å². The number of aliphatic hydroxyl groups is 3. The molecule has 1 amide bonds. The Hall–Kier alpha value is -3.50. The number of aromatic hydroxyl groups is 1. The first-order valence-corrected chi connectivity index (χ1v) is 13.8. The van der Waals surface area contributed by atoms with Crippen molar-refractivity contribution in [3.63, 3.8) is 0 Å². The van der Waals surface area contributed by atoms with Gasteiger partial charge in [-0.15, -0.1) is 0 Å². The van der Waals surface area contributed by atoms with Crippen LogP contribution in [0.3, 0.4) is 0 Å². The van der Waals surface area contributed by atoms with Gasteiger partial charge in [0.15, 0.2) is 11.4 Å². The van der Waals surface area contributed by atoms with Gasteiger partial charge in [-0.2, -0.15) is 0 Å². The van der Waals surface area contributed by atoms with Crippen LogP contribution in [0.15, 0.2) is 35.1 Å². The van der Waals surface area contributed by atoms with Gasteiger partial charge in [0.1, 0.15) is 28.6 Å². The number of phenols is 1. The van der Waals surface area contributed by atoms with Gasteiger partial charge < -0.3 is 26.2 Å². The van der Waals surface area contributed by atoms with Crippen LogP contribution in [0.2, 0.25) is 0 Å². The summed E-state index contributed by atoms with van der Waals surface area (Å²) in [7, 11) is 3.10. The Labute approximate surface area is 232 Å². The van der Waals surface area contributed by atoms with Crippen LogP contribution < -0.4 is 5.73 Å². The fourth-order valence-corrected chi connectivity index (χ4v) is 7.88. The van der Waals surface area contributed by atoms with Crippen LogP contribution in [0.5, 0.6) is 5.75 Å². The highest BCUT2D eigenvalue weighted by Gasteiger charge is 2.68. The number of aliphatic hydroxyl groups excluding tert-OH is 2. The lowest BCUT2D eigenvalue weighted by molar-refractivity contribution is -0.163. The number of nitrogens with zero attached hydrogens (tertiary/aromatic N) is 1. The van der Waals surface area contributed by atoms with E-state index in [1.807, 2.05) is 6.92 Å². The van der Waals surface area contributed by atoms with Gasteiger partial charge in [0, 0.05) is 29.7 Å². The van der Waals surface area contributed by atoms with E-state index in [0.717, 1.165) is 32.1 Å². The van der Waals surface area contributed by atoms with Gasteiger partial charge in [-0.1, -0.05) is 38.3 Å². The molecule has 0 radical (unpaired) electrons. The quantitative estimate of drug-likeness (QED) is 0.343. The number of fused-ring (bicyclic) bond motifs is 3. The molecule has 0 spiro atoms. The highest BCUT2D eigenvalue weighted by atomic mass is 16.3. The Bertz CT molecular complexity index is 1370. The molecule has 10 nitrogen and oxygen atoms in total. The Morgan fingerprint density at radius 1 is 1.07 bits per heavy atom. The topological polar surface area (TPSA) is 178 Å². The second-order valence-corrected chi connectivity index (χ2v) is 12.0. The van der Waals surface area contributed by atoms with Gasteiger partial charge in [0.25, 0.3) is 5.91 Å². The summed E-state index contributed by atoms with van der Waals surface area (Å²) in [5, 5.41) is 45.5. The maximum atomic E-state index is 14.3. The van der Waals surface area contributed by atoms with E-state index in [4.69, 9.17) is 5.73 Å². The van der Waals surface area contributed by atoms with Gasteiger partial charge in [-0.05, 0) is 50.4 Å². The number of likely N-dealkylation sites (N-methyl/N-ethyl adjacent to an activating group) is 1. The van der Waals surface area contributed by atoms with E-state index in [-0.39, 0.29) is 35.0 Å². The minimum absolute atomic E-state index is 0.0312. The summed E-state index contributed by atoms with van der Waals surface area (Å²) in [4.78, 5) is 55.5. The predicted octanol–water partition coefficient (Wildman–Crippen LogP) is 2.29. The molecule has 6 unspecified atom stereocenters. The number of benzene rings is 1. The summed E-state index contributed by atoms with van der Waals surface area (Å²) in [5.41, 5.74) is 2.09. The average Bonchev–Trinajstić information content (AvgIpc) is 2.90. The number of hydrogen-bond acceptors (Lipinski definition) is 9. The molecule has 40 heavy (non-hydrogen) atoms. The molecule has 0 saturated heterocycles. The lowest BCUT2D eigenvalue weighted by atomic mass is 9.50. The molecule has 0 bridgehead atoms. The summed E-state index contributed by atoms with van der Waals surface area (Å²) in [5.74, 6) is -9.03. The Balaban J connectivity index is 1.79. The minimum Gasteiger partial charge on any atom is -0.508 e. The van der Waals surface area contributed by atoms with E-state index in [1.54, 1.807) is 26.2 Å². The van der Waals surface area contributed by atoms with Crippen LogP contribution in [0.1, 0.15) is 62.5 Å². The first-order valence-electron chi connectivity index (χ1n) is 13.8. The van der Waals surface area contributed by atoms with Crippen LogP contribution in [-0.2, 0) is 19.2 Å². The van der Waals surface area contributed by atoms with E-state index in [2.05, 4.69) is 0 Å². The lowest BCUT2D eigenvalue weighted by Crippen LogP contribution is -2.69. The number of Topliss-reactive ketones (excluding diaryl/α,β-unsaturated/α-hetero) is 3. The van der Waals surface area contributed by atoms with E-state index >= 15 is 0 Å². The summed E-state index contributed by atoms with van der Waals surface area (Å²) in [6.07, 6.45) is 4.19. The molecule has 0 heterocycles. The van der Waals surface area contributed by atoms with E-state index in [9.17, 15) is 39.6 Å². The number of nitrogens with two attached hydrogens (primary N) is 1. The lowest BCUT2D eigenvalue weighted by Gasteiger charge is -2.55. The summed E-state index contributed by atoms with van der Waals surface area (Å²) in [6.45, 7) is 1.81. The summed E-state index contributed by atoms with van der Waals surface area (Å²) < 4.78 is 0. The van der Waals surface area contributed by atoms with Crippen LogP contribution >= 0.6 is 0 Å². The van der Waals surface area contributed by atoms with Crippen molar-refractivity contribution in [1.29, 1.82) is 0 Å². The van der Waals surface area contributed by atoms with Crippen molar-refractivity contribution in [2.75, 3.05) is 14.1 Å². The third kappa shape index (κ3) is 3.83. The monoisotopic (exact) mass is 552 g/mol. The second kappa shape index (κ2) is 9.85. The first kappa shape index (κ1) is 28.0. The third-order valence-corrected chi connectivity index (χ3v) is 9.68. The number of rotatable bonds is 5. The molecule has 4 aliphatic rings. The van der Waals surface area contributed by atoms with Crippen molar-refractivity contribution >= 4 is 29.0 Å². The Morgan fingerprint density at radius 2 is 1.73 bits per heavy atom. The van der Waals surface area contributed by atoms with Gasteiger partial charge in [0.05, 0.1) is 11.6 Å². The number of ketones is 3. The molecule has 1 aromatic carbocycles. The molecule has 2 fully saturated rings. The SMILES string of the molecule is CC1c2cccc(O)c2C(O)=C2C(=O)C3(O)C(O)=C(C(N)=O)C(=O)C(N(C)C)C3C(CC(=O)C3CCCCC3)C21. The zero-order chi connectivity index (χ0) is 29.3. The van der Waals surface area contributed by atoms with Gasteiger partial charge >= 0.3 is 0 Å². The molecule has 0 aliphatic heterocycles. The first-order chi connectivity index (χ1) is 18.8. The van der Waals surface area contributed by atoms with Crippen molar-refractivity contribution in [3.05, 3.63) is 46.2 Å². The van der Waals surface area contributed by atoms with E-state index in [1.165, 1.54) is 11.0 Å². The molecule has 1 aromatic rings. The standard InChI is InChI=1S/C30H36N2O8/c1-13-15-10-7-11-17(33)20(15)25(35)21-19(13)16(12-18(34)14-8-5-4-6-9-14)23-24(32(2)3)26(36)22(29(31)39)28(38)30(23,40)27(21)37/h7,10-11,13-14,16,19,23-24,33,35,38,40H,4-6,8-9,12H2,1-3H3,(H2,31,39). The smallest absolute Gasteiger partial charge is 0.255 e. The van der Waals surface area contributed by atoms with Crippen molar-refractivity contribution in [1.82, 2.24) is 4.90 Å². The number of carbonyl (C=O) groups excluding carboxylic acids is 4. The largest absolute Gasteiger partial charge is 0.508 e. The average molecular weight is 553 g/mol. The van der Waals surface area contributed by atoms with Crippen LogP contribution in [0, 0.1) is 23.7 Å². The molecule has 214 valence electrons. The van der Waals surface area contributed by atoms with E-state index in [0.29, 0.717) is 5.56 Å². The third-order valence-electron chi connectivity index (χ3n) is 9.68. The van der Waals surface area contributed by atoms with Crippen LogP contribution in [0.4, 0.5) is 0 Å². The normalized spacial score (nSPS) is 32.6. The predicted molar refractivity (Wildman–Crippen MR) is 144 cm³/mol. The molecule has 6 atom stereocenters. The molecule has 5 rings (SSSR count). The molecule has 6 N–H and O–H groups in total. The molecule has 2 saturated carbocycles. The zero-order valence-electron chi connectivity index (χ0n) is 22.9. The number of primary amides is 1. The maximum absolute atomic E-state index is 14.3. The summed E-state index contributed by atoms with van der Waals surface area (Å²) >= 11 is 0. The van der Waals surface area contributed by atoms with Crippen molar-refractivity contribution in [2.24, 2.45) is 29.4 Å². The van der Waals surface area contributed by atoms with E-state index < -0.39 is 69.9 Å². The minimum atomic E-state index is -2.81. The number of hydrogen-bond donors (Lipinski definition) is 5. The van der Waals surface area contributed by atoms with Crippen molar-refractivity contribution in [2.45, 2.75) is 63.0 Å². The Kier molecular flexibility index (Phi) is 6.90. The van der Waals surface area contributed by atoms with Crippen molar-refractivity contribution in [3.8, 4) is 5.75 Å². The highest BCUT2D eigenvalue weighted by Crippen LogP contribution is 2.59. The summed E-state index contributed by atoms with van der Waals surface area (Å²) in [6, 6.07) is 3.43. The number of phenolic OH excluding ortho intramolecular Hbond substituents is 1. The molecule has 4 aliphatic carbocycles. The second-order valence-electron chi connectivity index (χ2n) is 12.0. The fraction of sp³-hybridized carbons (Fsp3) is 0.533. The molecular weight excluding hydrogens is 516 g/mol. The highest BCUT2D eigenvalue weighted by molar-refractivity contribution is 6.24. The number of amides is 1. The maximum Gasteiger partial charge on any atom is 0.255 e. The molecule has 0 aromatic heterocycles. The zero-order valence-corrected chi connectivity index (χ0v) is 22.9. The number of carbonyl (C=O) groups is 4. The fourth-order valence-electron chi connectivity index (χ4n) is 7.88. The molecule has 10 heteroatoms. The van der Waals surface area contributed by atoms with Crippen LogP contribution in [0.25, 0.3) is 5.76 Å². The van der Waals surface area contributed by atoms with Gasteiger partial charge in [0.2, 0.25) is 5.78 Å².